The van der Waals surface area contributed by atoms with Gasteiger partial charge in [-0.3, -0.25) is 0 Å². The summed E-state index contributed by atoms with van der Waals surface area (Å²) in [5.41, 5.74) is 4.31. The van der Waals surface area contributed by atoms with Crippen LogP contribution >= 0.6 is 0 Å². The summed E-state index contributed by atoms with van der Waals surface area (Å²) in [5.74, 6) is 2.45. The molecule has 2 aromatic rings. The lowest BCUT2D eigenvalue weighted by atomic mass is 9.44. The van der Waals surface area contributed by atoms with Crippen LogP contribution < -0.4 is 0 Å². The van der Waals surface area contributed by atoms with E-state index in [0.717, 1.165) is 24.3 Å². The summed E-state index contributed by atoms with van der Waals surface area (Å²) in [5, 5.41) is 11.4. The summed E-state index contributed by atoms with van der Waals surface area (Å²) < 4.78 is 2.34. The van der Waals surface area contributed by atoms with E-state index in [1.54, 1.807) is 0 Å². The van der Waals surface area contributed by atoms with E-state index in [-0.39, 0.29) is 11.5 Å². The molecule has 0 saturated heterocycles. The van der Waals surface area contributed by atoms with Crippen LogP contribution in [-0.2, 0) is 0 Å². The summed E-state index contributed by atoms with van der Waals surface area (Å²) in [6, 6.07) is 8.47. The van der Waals surface area contributed by atoms with Crippen LogP contribution in [0.15, 0.2) is 36.7 Å². The minimum Gasteiger partial charge on any atom is -0.393 e. The third kappa shape index (κ3) is 2.37. The maximum Gasteiger partial charge on any atom is 0.100 e. The van der Waals surface area contributed by atoms with Gasteiger partial charge < -0.3 is 9.67 Å². The predicted octanol–water partition coefficient (Wildman–Crippen LogP) is 5.89. The molecule has 154 valence electrons. The van der Waals surface area contributed by atoms with Crippen LogP contribution in [0.1, 0.15) is 65.2 Å². The lowest BCUT2D eigenvalue weighted by Gasteiger charge is -2.61. The van der Waals surface area contributed by atoms with Crippen molar-refractivity contribution < 1.29 is 5.11 Å². The van der Waals surface area contributed by atoms with Gasteiger partial charge in [0.05, 0.1) is 17.1 Å². The Balaban J connectivity index is 1.38. The summed E-state index contributed by atoms with van der Waals surface area (Å²) in [6.07, 6.45) is 14.5. The van der Waals surface area contributed by atoms with E-state index in [4.69, 9.17) is 0 Å². The van der Waals surface area contributed by atoms with Crippen molar-refractivity contribution in [1.29, 1.82) is 0 Å². The van der Waals surface area contributed by atoms with Gasteiger partial charge in [0.2, 0.25) is 0 Å². The van der Waals surface area contributed by atoms with Gasteiger partial charge in [-0.25, -0.2) is 4.98 Å². The van der Waals surface area contributed by atoms with Crippen molar-refractivity contribution in [2.24, 2.45) is 34.5 Å². The molecule has 0 aliphatic heterocycles. The number of aromatic nitrogens is 2. The highest BCUT2D eigenvalue weighted by Gasteiger charge is 2.60. The molecule has 1 N–H and O–H groups in total. The standard InChI is InChI=1S/C26H34N2O/c1-25-13-6-5-7-17(25)15-22(29)24-18-10-11-23(26(18,2)14-12-19(24)25)28-16-27-20-8-3-4-9-21(20)28/h3-4,8-9,11,16-19,22,24,29H,5-7,10,12-15H2,1-2H3/t17?,18?,19?,22?,24?,25?,26-/m0/s1. The van der Waals surface area contributed by atoms with Gasteiger partial charge in [-0.2, -0.15) is 0 Å². The Morgan fingerprint density at radius 3 is 2.83 bits per heavy atom. The molecule has 7 atom stereocenters. The fraction of sp³-hybridized carbons (Fsp3) is 0.654. The Morgan fingerprint density at radius 2 is 1.93 bits per heavy atom. The second-order valence-corrected chi connectivity index (χ2v) is 10.9. The van der Waals surface area contributed by atoms with Gasteiger partial charge >= 0.3 is 0 Å². The fourth-order valence-corrected chi connectivity index (χ4v) is 8.33. The predicted molar refractivity (Wildman–Crippen MR) is 117 cm³/mol. The fourth-order valence-electron chi connectivity index (χ4n) is 8.33. The molecule has 1 heterocycles. The van der Waals surface area contributed by atoms with Gasteiger partial charge in [-0.05, 0) is 79.7 Å². The average molecular weight is 391 g/mol. The first-order valence-corrected chi connectivity index (χ1v) is 11.8. The van der Waals surface area contributed by atoms with Crippen molar-refractivity contribution in [3.63, 3.8) is 0 Å². The zero-order valence-electron chi connectivity index (χ0n) is 17.8. The maximum atomic E-state index is 11.4. The van der Waals surface area contributed by atoms with Gasteiger partial charge in [0.1, 0.15) is 6.33 Å². The van der Waals surface area contributed by atoms with Gasteiger partial charge in [0.15, 0.2) is 0 Å². The Labute approximate surface area is 174 Å². The molecule has 4 aliphatic rings. The van der Waals surface area contributed by atoms with Gasteiger partial charge in [-0.1, -0.05) is 44.9 Å². The van der Waals surface area contributed by atoms with E-state index in [9.17, 15) is 5.11 Å². The number of benzene rings is 1. The third-order valence-corrected chi connectivity index (χ3v) is 9.85. The number of aliphatic hydroxyl groups excluding tert-OH is 1. The quantitative estimate of drug-likeness (QED) is 0.659. The third-order valence-electron chi connectivity index (χ3n) is 9.85. The SMILES string of the molecule is CC12CCCCC1CC(O)C1C2CC[C@]2(C)C(n3cnc4ccccc43)=CCC12. The molecule has 0 spiro atoms. The second-order valence-electron chi connectivity index (χ2n) is 10.9. The molecule has 0 bridgehead atoms. The van der Waals surface area contributed by atoms with Crippen LogP contribution in [0.2, 0.25) is 0 Å². The first-order chi connectivity index (χ1) is 14.0. The van der Waals surface area contributed by atoms with Crippen LogP contribution in [0.3, 0.4) is 0 Å². The van der Waals surface area contributed by atoms with Crippen molar-refractivity contribution in [3.8, 4) is 0 Å². The molecule has 6 rings (SSSR count). The van der Waals surface area contributed by atoms with E-state index in [1.807, 2.05) is 6.33 Å². The van der Waals surface area contributed by atoms with Crippen LogP contribution in [0.5, 0.6) is 0 Å². The Hall–Kier alpha value is -1.61. The van der Waals surface area contributed by atoms with Gasteiger partial charge in [0.25, 0.3) is 0 Å². The van der Waals surface area contributed by atoms with Crippen molar-refractivity contribution in [1.82, 2.24) is 9.55 Å². The highest BCUT2D eigenvalue weighted by atomic mass is 16.3. The zero-order valence-corrected chi connectivity index (χ0v) is 17.8. The van der Waals surface area contributed by atoms with E-state index in [2.05, 4.69) is 53.7 Å². The molecule has 0 radical (unpaired) electrons. The highest BCUT2D eigenvalue weighted by Crippen LogP contribution is 2.67. The molecule has 3 saturated carbocycles. The van der Waals surface area contributed by atoms with Crippen LogP contribution in [0.4, 0.5) is 0 Å². The van der Waals surface area contributed by atoms with Gasteiger partial charge in [0, 0.05) is 11.1 Å². The summed E-state index contributed by atoms with van der Waals surface area (Å²) in [6.45, 7) is 5.05. The topological polar surface area (TPSA) is 38.0 Å². The number of allylic oxidation sites excluding steroid dienone is 2. The number of rotatable bonds is 1. The van der Waals surface area contributed by atoms with Crippen molar-refractivity contribution in [2.75, 3.05) is 0 Å². The number of aliphatic hydroxyl groups is 1. The highest BCUT2D eigenvalue weighted by molar-refractivity contribution is 5.80. The number of para-hydroxylation sites is 2. The molecule has 6 unspecified atom stereocenters. The Morgan fingerprint density at radius 1 is 1.07 bits per heavy atom. The van der Waals surface area contributed by atoms with Crippen LogP contribution in [-0.4, -0.2) is 20.8 Å². The average Bonchev–Trinajstić information content (AvgIpc) is 3.29. The minimum atomic E-state index is -0.118. The van der Waals surface area contributed by atoms with E-state index in [1.165, 1.54) is 49.7 Å². The molecular formula is C26H34N2O. The lowest BCUT2D eigenvalue weighted by Crippen LogP contribution is -2.57. The molecule has 1 aromatic heterocycles. The largest absolute Gasteiger partial charge is 0.393 e. The van der Waals surface area contributed by atoms with Crippen molar-refractivity contribution in [2.45, 2.75) is 71.3 Å². The van der Waals surface area contributed by atoms with E-state index >= 15 is 0 Å². The van der Waals surface area contributed by atoms with Crippen molar-refractivity contribution >= 4 is 16.7 Å². The first kappa shape index (κ1) is 18.2. The maximum absolute atomic E-state index is 11.4. The van der Waals surface area contributed by atoms with Crippen molar-refractivity contribution in [3.05, 3.63) is 36.7 Å². The van der Waals surface area contributed by atoms with E-state index in [0.29, 0.717) is 23.2 Å². The summed E-state index contributed by atoms with van der Waals surface area (Å²) >= 11 is 0. The molecule has 1 aromatic carbocycles. The van der Waals surface area contributed by atoms with Crippen LogP contribution in [0, 0.1) is 34.5 Å². The Bertz CT molecular complexity index is 976. The zero-order chi connectivity index (χ0) is 19.8. The summed E-state index contributed by atoms with van der Waals surface area (Å²) in [4.78, 5) is 4.67. The number of hydrogen-bond acceptors (Lipinski definition) is 2. The molecule has 4 aliphatic carbocycles. The second kappa shape index (κ2) is 6.20. The number of nitrogens with zero attached hydrogens (tertiary/aromatic N) is 2. The molecule has 3 heteroatoms. The molecule has 29 heavy (non-hydrogen) atoms. The molecular weight excluding hydrogens is 356 g/mol. The molecule has 3 nitrogen and oxygen atoms in total. The number of imidazole rings is 1. The van der Waals surface area contributed by atoms with Crippen LogP contribution in [0.25, 0.3) is 16.7 Å². The first-order valence-electron chi connectivity index (χ1n) is 11.8. The monoisotopic (exact) mass is 390 g/mol. The smallest absolute Gasteiger partial charge is 0.100 e. The van der Waals surface area contributed by atoms with Gasteiger partial charge in [-0.15, -0.1) is 0 Å². The number of hydrogen-bond donors (Lipinski definition) is 1. The lowest BCUT2D eigenvalue weighted by molar-refractivity contribution is -0.152. The number of fused-ring (bicyclic) bond motifs is 6. The minimum absolute atomic E-state index is 0.118. The van der Waals surface area contributed by atoms with E-state index < -0.39 is 0 Å². The molecule has 0 amide bonds. The Kier molecular flexibility index (Phi) is 3.89. The molecule has 3 fully saturated rings. The normalized spacial score (nSPS) is 44.1. The summed E-state index contributed by atoms with van der Waals surface area (Å²) in [7, 11) is 0.